The van der Waals surface area contributed by atoms with Crippen LogP contribution in [-0.2, 0) is 4.79 Å². The SMILES string of the molecule is C[C@@H]1C[C@@H]1C(=O)N(C)[C@H](C)c1ccc(F)cc1. The lowest BCUT2D eigenvalue weighted by molar-refractivity contribution is -0.133. The van der Waals surface area contributed by atoms with Crippen molar-refractivity contribution in [2.24, 2.45) is 11.8 Å². The van der Waals surface area contributed by atoms with Gasteiger partial charge < -0.3 is 4.90 Å². The molecule has 0 bridgehead atoms. The van der Waals surface area contributed by atoms with E-state index in [1.54, 1.807) is 17.0 Å². The van der Waals surface area contributed by atoms with Crippen molar-refractivity contribution in [2.75, 3.05) is 7.05 Å². The van der Waals surface area contributed by atoms with Gasteiger partial charge in [0.15, 0.2) is 0 Å². The second-order valence-electron chi connectivity index (χ2n) is 5.00. The van der Waals surface area contributed by atoms with E-state index in [4.69, 9.17) is 0 Å². The predicted molar refractivity (Wildman–Crippen MR) is 64.9 cm³/mol. The Hall–Kier alpha value is -1.38. The molecule has 1 fully saturated rings. The second-order valence-corrected chi connectivity index (χ2v) is 5.00. The van der Waals surface area contributed by atoms with Crippen LogP contribution in [0.1, 0.15) is 31.9 Å². The molecule has 2 rings (SSSR count). The highest BCUT2D eigenvalue weighted by Crippen LogP contribution is 2.40. The standard InChI is InChI=1S/C14H18FNO/c1-9-8-13(9)14(17)16(3)10(2)11-4-6-12(15)7-5-11/h4-7,9-10,13H,8H2,1-3H3/t9-,10-,13+/m1/s1. The van der Waals surface area contributed by atoms with Crippen LogP contribution in [0.4, 0.5) is 4.39 Å². The van der Waals surface area contributed by atoms with Crippen molar-refractivity contribution in [2.45, 2.75) is 26.3 Å². The Morgan fingerprint density at radius 1 is 1.41 bits per heavy atom. The number of amides is 1. The van der Waals surface area contributed by atoms with Gasteiger partial charge in [0, 0.05) is 13.0 Å². The molecule has 0 heterocycles. The number of carbonyl (C=O) groups is 1. The molecular formula is C14H18FNO. The zero-order valence-electron chi connectivity index (χ0n) is 10.5. The maximum Gasteiger partial charge on any atom is 0.226 e. The van der Waals surface area contributed by atoms with Gasteiger partial charge in [-0.2, -0.15) is 0 Å². The van der Waals surface area contributed by atoms with Gasteiger partial charge >= 0.3 is 0 Å². The molecule has 1 aromatic carbocycles. The Kier molecular flexibility index (Phi) is 3.18. The largest absolute Gasteiger partial charge is 0.339 e. The van der Waals surface area contributed by atoms with Gasteiger partial charge in [0.1, 0.15) is 5.82 Å². The van der Waals surface area contributed by atoms with Gasteiger partial charge in [-0.1, -0.05) is 19.1 Å². The number of hydrogen-bond acceptors (Lipinski definition) is 1. The van der Waals surface area contributed by atoms with Gasteiger partial charge in [-0.15, -0.1) is 0 Å². The zero-order valence-corrected chi connectivity index (χ0v) is 10.5. The first-order valence-electron chi connectivity index (χ1n) is 6.03. The topological polar surface area (TPSA) is 20.3 Å². The molecule has 0 saturated heterocycles. The first-order chi connectivity index (χ1) is 8.00. The van der Waals surface area contributed by atoms with Crippen molar-refractivity contribution in [3.05, 3.63) is 35.6 Å². The van der Waals surface area contributed by atoms with E-state index >= 15 is 0 Å². The fourth-order valence-corrected chi connectivity index (χ4v) is 2.08. The van der Waals surface area contributed by atoms with Gasteiger partial charge in [-0.25, -0.2) is 4.39 Å². The summed E-state index contributed by atoms with van der Waals surface area (Å²) in [5.41, 5.74) is 0.968. The van der Waals surface area contributed by atoms with Crippen molar-refractivity contribution >= 4 is 5.91 Å². The van der Waals surface area contributed by atoms with Crippen LogP contribution < -0.4 is 0 Å². The van der Waals surface area contributed by atoms with E-state index < -0.39 is 0 Å². The van der Waals surface area contributed by atoms with E-state index in [2.05, 4.69) is 6.92 Å². The van der Waals surface area contributed by atoms with Crippen LogP contribution in [0, 0.1) is 17.7 Å². The molecule has 0 spiro atoms. The second kappa shape index (κ2) is 4.47. The molecule has 0 aliphatic heterocycles. The summed E-state index contributed by atoms with van der Waals surface area (Å²) >= 11 is 0. The van der Waals surface area contributed by atoms with Crippen LogP contribution in [0.3, 0.4) is 0 Å². The molecule has 3 atom stereocenters. The summed E-state index contributed by atoms with van der Waals surface area (Å²) in [4.78, 5) is 13.8. The lowest BCUT2D eigenvalue weighted by Crippen LogP contribution is -2.31. The number of hydrogen-bond donors (Lipinski definition) is 0. The summed E-state index contributed by atoms with van der Waals surface area (Å²) in [7, 11) is 1.82. The summed E-state index contributed by atoms with van der Waals surface area (Å²) in [6, 6.07) is 6.34. The first-order valence-corrected chi connectivity index (χ1v) is 6.03. The van der Waals surface area contributed by atoms with Crippen LogP contribution in [0.5, 0.6) is 0 Å². The molecule has 1 aliphatic carbocycles. The normalized spacial score (nSPS) is 24.2. The molecule has 1 amide bonds. The zero-order chi connectivity index (χ0) is 12.6. The van der Waals surface area contributed by atoms with Gasteiger partial charge in [-0.05, 0) is 37.0 Å². The molecule has 0 N–H and O–H groups in total. The summed E-state index contributed by atoms with van der Waals surface area (Å²) < 4.78 is 12.8. The fraction of sp³-hybridized carbons (Fsp3) is 0.500. The molecule has 0 aromatic heterocycles. The molecule has 0 radical (unpaired) electrons. The lowest BCUT2D eigenvalue weighted by atomic mass is 10.1. The fourth-order valence-electron chi connectivity index (χ4n) is 2.08. The van der Waals surface area contributed by atoms with Gasteiger partial charge in [0.05, 0.1) is 6.04 Å². The molecule has 92 valence electrons. The average molecular weight is 235 g/mol. The van der Waals surface area contributed by atoms with Gasteiger partial charge in [0.2, 0.25) is 5.91 Å². The van der Waals surface area contributed by atoms with Crippen molar-refractivity contribution in [3.63, 3.8) is 0 Å². The maximum atomic E-state index is 12.8. The van der Waals surface area contributed by atoms with Crippen molar-refractivity contribution < 1.29 is 9.18 Å². The minimum absolute atomic E-state index is 0.00380. The van der Waals surface area contributed by atoms with Crippen LogP contribution in [0.2, 0.25) is 0 Å². The van der Waals surface area contributed by atoms with Crippen LogP contribution in [0.25, 0.3) is 0 Å². The quantitative estimate of drug-likeness (QED) is 0.788. The predicted octanol–water partition coefficient (Wildman–Crippen LogP) is 3.00. The smallest absolute Gasteiger partial charge is 0.226 e. The lowest BCUT2D eigenvalue weighted by Gasteiger charge is -2.25. The maximum absolute atomic E-state index is 12.8. The van der Waals surface area contributed by atoms with Crippen molar-refractivity contribution in [1.29, 1.82) is 0 Å². The highest BCUT2D eigenvalue weighted by Gasteiger charge is 2.41. The van der Waals surface area contributed by atoms with Crippen LogP contribution in [-0.4, -0.2) is 17.9 Å². The third kappa shape index (κ3) is 2.48. The van der Waals surface area contributed by atoms with Gasteiger partial charge in [0.25, 0.3) is 0 Å². The first kappa shape index (κ1) is 12.1. The Morgan fingerprint density at radius 2 is 1.94 bits per heavy atom. The van der Waals surface area contributed by atoms with E-state index in [0.717, 1.165) is 12.0 Å². The van der Waals surface area contributed by atoms with E-state index in [1.807, 2.05) is 14.0 Å². The molecule has 3 heteroatoms. The molecule has 17 heavy (non-hydrogen) atoms. The molecular weight excluding hydrogens is 217 g/mol. The van der Waals surface area contributed by atoms with E-state index in [0.29, 0.717) is 5.92 Å². The number of benzene rings is 1. The molecule has 1 saturated carbocycles. The Labute approximate surface area is 101 Å². The van der Waals surface area contributed by atoms with Gasteiger partial charge in [-0.3, -0.25) is 4.79 Å². The molecule has 1 aliphatic rings. The monoisotopic (exact) mass is 235 g/mol. The molecule has 2 nitrogen and oxygen atoms in total. The molecule has 0 unspecified atom stereocenters. The third-order valence-corrected chi connectivity index (χ3v) is 3.71. The highest BCUT2D eigenvalue weighted by atomic mass is 19.1. The Bertz CT molecular complexity index is 415. The third-order valence-electron chi connectivity index (χ3n) is 3.71. The van der Waals surface area contributed by atoms with Crippen LogP contribution >= 0.6 is 0 Å². The number of nitrogens with zero attached hydrogens (tertiary/aromatic N) is 1. The van der Waals surface area contributed by atoms with E-state index in [-0.39, 0.29) is 23.7 Å². The highest BCUT2D eigenvalue weighted by molar-refractivity contribution is 5.81. The summed E-state index contributed by atoms with van der Waals surface area (Å²) in [5, 5.41) is 0. The summed E-state index contributed by atoms with van der Waals surface area (Å²) in [5.74, 6) is 0.674. The summed E-state index contributed by atoms with van der Waals surface area (Å²) in [6.07, 6.45) is 0.999. The minimum atomic E-state index is -0.245. The Balaban J connectivity index is 2.06. The van der Waals surface area contributed by atoms with E-state index in [1.165, 1.54) is 12.1 Å². The van der Waals surface area contributed by atoms with E-state index in [9.17, 15) is 9.18 Å². The number of halogens is 1. The Morgan fingerprint density at radius 3 is 2.41 bits per heavy atom. The van der Waals surface area contributed by atoms with Crippen LogP contribution in [0.15, 0.2) is 24.3 Å². The van der Waals surface area contributed by atoms with Crippen molar-refractivity contribution in [3.8, 4) is 0 Å². The number of carbonyl (C=O) groups excluding carboxylic acids is 1. The average Bonchev–Trinajstić information content (AvgIpc) is 3.04. The minimum Gasteiger partial charge on any atom is -0.339 e. The summed E-state index contributed by atoms with van der Waals surface area (Å²) in [6.45, 7) is 4.07. The number of rotatable bonds is 3. The van der Waals surface area contributed by atoms with Crippen molar-refractivity contribution in [1.82, 2.24) is 4.90 Å². The molecule has 1 aromatic rings.